The van der Waals surface area contributed by atoms with Crippen LogP contribution in [0.15, 0.2) is 25.3 Å². The Hall–Kier alpha value is -1.58. The van der Waals surface area contributed by atoms with Gasteiger partial charge < -0.3 is 9.47 Å². The summed E-state index contributed by atoms with van der Waals surface area (Å²) in [6, 6.07) is 0. The van der Waals surface area contributed by atoms with E-state index < -0.39 is 11.9 Å². The fourth-order valence-corrected chi connectivity index (χ4v) is 0.615. The van der Waals surface area contributed by atoms with Crippen molar-refractivity contribution in [3.63, 3.8) is 0 Å². The third kappa shape index (κ3) is 5.99. The summed E-state index contributed by atoms with van der Waals surface area (Å²) in [5, 5.41) is 0. The fourth-order valence-electron chi connectivity index (χ4n) is 0.615. The molecule has 0 aromatic carbocycles. The summed E-state index contributed by atoms with van der Waals surface area (Å²) in [7, 11) is 0. The summed E-state index contributed by atoms with van der Waals surface area (Å²) in [6.07, 6.45) is 2.17. The number of hydrogen-bond acceptors (Lipinski definition) is 4. The van der Waals surface area contributed by atoms with Crippen LogP contribution < -0.4 is 0 Å². The molecule has 78 valence electrons. The van der Waals surface area contributed by atoms with E-state index in [1.807, 2.05) is 0 Å². The Labute approximate surface area is 83.2 Å². The highest BCUT2D eigenvalue weighted by molar-refractivity contribution is 5.81. The molecule has 0 aliphatic heterocycles. The molecule has 4 heteroatoms. The average molecular weight is 198 g/mol. The number of carbonyl (C=O) groups excluding carboxylic acids is 2. The second-order valence-electron chi connectivity index (χ2n) is 2.77. The highest BCUT2D eigenvalue weighted by atomic mass is 16.5. The van der Waals surface area contributed by atoms with Crippen LogP contribution in [0.25, 0.3) is 0 Å². The van der Waals surface area contributed by atoms with Gasteiger partial charge in [-0.3, -0.25) is 0 Å². The Kier molecular flexibility index (Phi) is 6.11. The average Bonchev–Trinajstić information content (AvgIpc) is 2.22. The number of ether oxygens (including phenoxy) is 2. The molecule has 0 aromatic heterocycles. The molecule has 0 N–H and O–H groups in total. The third-order valence-electron chi connectivity index (χ3n) is 1.35. The van der Waals surface area contributed by atoms with Crippen molar-refractivity contribution in [2.45, 2.75) is 6.92 Å². The van der Waals surface area contributed by atoms with Crippen molar-refractivity contribution in [2.75, 3.05) is 13.2 Å². The lowest BCUT2D eigenvalue weighted by molar-refractivity contribution is -0.142. The van der Waals surface area contributed by atoms with Gasteiger partial charge in [-0.05, 0) is 0 Å². The minimum absolute atomic E-state index is 0.0391. The van der Waals surface area contributed by atoms with Gasteiger partial charge in [0.15, 0.2) is 0 Å². The van der Waals surface area contributed by atoms with Gasteiger partial charge >= 0.3 is 11.9 Å². The van der Waals surface area contributed by atoms with Gasteiger partial charge in [0.1, 0.15) is 0 Å². The maximum absolute atomic E-state index is 10.6. The zero-order valence-electron chi connectivity index (χ0n) is 8.19. The molecular formula is C10H14O4. The molecule has 0 heterocycles. The quantitative estimate of drug-likeness (QED) is 0.473. The van der Waals surface area contributed by atoms with Crippen molar-refractivity contribution in [2.24, 2.45) is 5.92 Å². The molecule has 0 spiro atoms. The zero-order chi connectivity index (χ0) is 11.0. The summed E-state index contributed by atoms with van der Waals surface area (Å²) in [5.74, 6) is -0.999. The Bertz CT molecular complexity index is 208. The smallest absolute Gasteiger partial charge is 0.330 e. The lowest BCUT2D eigenvalue weighted by atomic mass is 10.2. The summed E-state index contributed by atoms with van der Waals surface area (Å²) in [6.45, 7) is 8.71. The summed E-state index contributed by atoms with van der Waals surface area (Å²) in [5.41, 5.74) is 0. The summed E-state index contributed by atoms with van der Waals surface area (Å²) < 4.78 is 9.49. The van der Waals surface area contributed by atoms with Crippen LogP contribution in [-0.4, -0.2) is 25.2 Å². The molecule has 0 aliphatic carbocycles. The normalized spacial score (nSPS) is 9.29. The molecule has 0 saturated heterocycles. The molecule has 0 unspecified atom stereocenters. The van der Waals surface area contributed by atoms with Crippen LogP contribution in [0.4, 0.5) is 0 Å². The van der Waals surface area contributed by atoms with Crippen LogP contribution in [0, 0.1) is 5.92 Å². The van der Waals surface area contributed by atoms with Crippen molar-refractivity contribution >= 4 is 11.9 Å². The number of rotatable bonds is 6. The predicted octanol–water partition coefficient (Wildman–Crippen LogP) is 1.08. The van der Waals surface area contributed by atoms with Crippen molar-refractivity contribution in [1.29, 1.82) is 0 Å². The minimum atomic E-state index is -0.480. The van der Waals surface area contributed by atoms with Crippen LogP contribution in [0.2, 0.25) is 0 Å². The maximum Gasteiger partial charge on any atom is 0.330 e. The lowest BCUT2D eigenvalue weighted by Crippen LogP contribution is -2.16. The van der Waals surface area contributed by atoms with Crippen molar-refractivity contribution in [3.05, 3.63) is 25.3 Å². The minimum Gasteiger partial charge on any atom is -0.462 e. The topological polar surface area (TPSA) is 52.6 Å². The van der Waals surface area contributed by atoms with Gasteiger partial charge in [0.05, 0.1) is 13.2 Å². The first-order valence-corrected chi connectivity index (χ1v) is 4.18. The monoisotopic (exact) mass is 198 g/mol. The van der Waals surface area contributed by atoms with Gasteiger partial charge in [-0.25, -0.2) is 9.59 Å². The molecule has 0 aromatic rings. The lowest BCUT2D eigenvalue weighted by Gasteiger charge is -2.10. The van der Waals surface area contributed by atoms with Gasteiger partial charge in [0.25, 0.3) is 0 Å². The maximum atomic E-state index is 10.6. The van der Waals surface area contributed by atoms with Gasteiger partial charge in [-0.15, -0.1) is 0 Å². The molecular weight excluding hydrogens is 184 g/mol. The van der Waals surface area contributed by atoms with E-state index in [2.05, 4.69) is 13.2 Å². The first-order valence-electron chi connectivity index (χ1n) is 4.18. The fraction of sp³-hybridized carbons (Fsp3) is 0.400. The van der Waals surface area contributed by atoms with Crippen LogP contribution in [0.3, 0.4) is 0 Å². The number of carbonyl (C=O) groups is 2. The summed E-state index contributed by atoms with van der Waals surface area (Å²) >= 11 is 0. The summed E-state index contributed by atoms with van der Waals surface area (Å²) in [4.78, 5) is 21.3. The van der Waals surface area contributed by atoms with E-state index in [1.54, 1.807) is 6.92 Å². The van der Waals surface area contributed by atoms with Crippen LogP contribution in [-0.2, 0) is 19.1 Å². The predicted molar refractivity (Wildman–Crippen MR) is 51.5 cm³/mol. The molecule has 4 nitrogen and oxygen atoms in total. The molecule has 0 radical (unpaired) electrons. The Morgan fingerprint density at radius 3 is 1.79 bits per heavy atom. The first-order chi connectivity index (χ1) is 6.60. The van der Waals surface area contributed by atoms with Gasteiger partial charge in [0, 0.05) is 18.1 Å². The van der Waals surface area contributed by atoms with E-state index in [0.717, 1.165) is 12.2 Å². The van der Waals surface area contributed by atoms with E-state index in [-0.39, 0.29) is 19.1 Å². The highest BCUT2D eigenvalue weighted by Gasteiger charge is 2.06. The SMILES string of the molecule is C=CC(=O)OCC(C)COC(=O)C=C. The van der Waals surface area contributed by atoms with Crippen LogP contribution in [0.1, 0.15) is 6.92 Å². The highest BCUT2D eigenvalue weighted by Crippen LogP contribution is 1.98. The van der Waals surface area contributed by atoms with Crippen molar-refractivity contribution in [3.8, 4) is 0 Å². The Morgan fingerprint density at radius 1 is 1.14 bits per heavy atom. The molecule has 0 fully saturated rings. The second-order valence-corrected chi connectivity index (χ2v) is 2.77. The van der Waals surface area contributed by atoms with E-state index in [4.69, 9.17) is 9.47 Å². The Balaban J connectivity index is 3.60. The van der Waals surface area contributed by atoms with Gasteiger partial charge in [0.2, 0.25) is 0 Å². The van der Waals surface area contributed by atoms with Crippen LogP contribution >= 0.6 is 0 Å². The molecule has 0 rings (SSSR count). The first kappa shape index (κ1) is 12.4. The van der Waals surface area contributed by atoms with Crippen molar-refractivity contribution in [1.82, 2.24) is 0 Å². The van der Waals surface area contributed by atoms with Crippen molar-refractivity contribution < 1.29 is 19.1 Å². The third-order valence-corrected chi connectivity index (χ3v) is 1.35. The van der Waals surface area contributed by atoms with Gasteiger partial charge in [-0.1, -0.05) is 20.1 Å². The standard InChI is InChI=1S/C10H14O4/c1-4-9(11)13-6-8(3)7-14-10(12)5-2/h4-5,8H,1-2,6-7H2,3H3. The molecule has 0 amide bonds. The zero-order valence-corrected chi connectivity index (χ0v) is 8.19. The molecule has 0 bridgehead atoms. The number of esters is 2. The molecule has 0 aliphatic rings. The largest absolute Gasteiger partial charge is 0.462 e. The van der Waals surface area contributed by atoms with Crippen LogP contribution in [0.5, 0.6) is 0 Å². The molecule has 0 atom stereocenters. The second kappa shape index (κ2) is 6.88. The van der Waals surface area contributed by atoms with Gasteiger partial charge in [-0.2, -0.15) is 0 Å². The number of hydrogen-bond donors (Lipinski definition) is 0. The van der Waals surface area contributed by atoms with E-state index in [1.165, 1.54) is 0 Å². The van der Waals surface area contributed by atoms with E-state index >= 15 is 0 Å². The molecule has 14 heavy (non-hydrogen) atoms. The molecule has 0 saturated carbocycles. The van der Waals surface area contributed by atoms with E-state index in [0.29, 0.717) is 0 Å². The Morgan fingerprint density at radius 2 is 1.50 bits per heavy atom. The van der Waals surface area contributed by atoms with E-state index in [9.17, 15) is 9.59 Å².